The molecule has 0 spiro atoms. The van der Waals surface area contributed by atoms with E-state index in [1.165, 1.54) is 12.1 Å². The molecule has 0 saturated carbocycles. The molecular formula is C15H18FN3O. The Labute approximate surface area is 118 Å². The van der Waals surface area contributed by atoms with Gasteiger partial charge in [0, 0.05) is 18.8 Å². The predicted octanol–water partition coefficient (Wildman–Crippen LogP) is 2.45. The fourth-order valence-corrected chi connectivity index (χ4v) is 2.42. The van der Waals surface area contributed by atoms with Crippen LogP contribution in [0, 0.1) is 24.1 Å². The minimum atomic E-state index is -0.635. The molecule has 1 fully saturated rings. The number of benzene rings is 1. The van der Waals surface area contributed by atoms with E-state index in [1.54, 1.807) is 17.9 Å². The lowest BCUT2D eigenvalue weighted by Gasteiger charge is -2.18. The van der Waals surface area contributed by atoms with Crippen molar-refractivity contribution in [2.24, 2.45) is 0 Å². The fraction of sp³-hybridized carbons (Fsp3) is 0.467. The number of anilines is 1. The van der Waals surface area contributed by atoms with Crippen LogP contribution in [0.5, 0.6) is 0 Å². The SMILES string of the molecule is Cc1cc(F)cc(NC(C#N)CC(=O)N2CCCC2)c1. The first-order valence-corrected chi connectivity index (χ1v) is 6.79. The molecular weight excluding hydrogens is 257 g/mol. The molecule has 1 aromatic rings. The van der Waals surface area contributed by atoms with Gasteiger partial charge in [-0.2, -0.15) is 5.26 Å². The number of carbonyl (C=O) groups excluding carboxylic acids is 1. The zero-order valence-corrected chi connectivity index (χ0v) is 11.5. The first-order valence-electron chi connectivity index (χ1n) is 6.79. The van der Waals surface area contributed by atoms with Crippen LogP contribution in [-0.2, 0) is 4.79 Å². The second kappa shape index (κ2) is 6.38. The van der Waals surface area contributed by atoms with E-state index in [-0.39, 0.29) is 18.1 Å². The molecule has 1 aliphatic heterocycles. The van der Waals surface area contributed by atoms with Gasteiger partial charge in [0.25, 0.3) is 0 Å². The summed E-state index contributed by atoms with van der Waals surface area (Å²) in [5.41, 5.74) is 1.30. The van der Waals surface area contributed by atoms with Gasteiger partial charge in [-0.05, 0) is 43.5 Å². The van der Waals surface area contributed by atoms with E-state index in [2.05, 4.69) is 11.4 Å². The lowest BCUT2D eigenvalue weighted by Crippen LogP contribution is -2.32. The summed E-state index contributed by atoms with van der Waals surface area (Å²) < 4.78 is 13.3. The highest BCUT2D eigenvalue weighted by atomic mass is 19.1. The Morgan fingerprint density at radius 3 is 2.75 bits per heavy atom. The van der Waals surface area contributed by atoms with E-state index in [1.807, 2.05) is 0 Å². The number of aryl methyl sites for hydroxylation is 1. The molecule has 1 N–H and O–H groups in total. The summed E-state index contributed by atoms with van der Waals surface area (Å²) in [5.74, 6) is -0.371. The molecule has 1 aliphatic rings. The van der Waals surface area contributed by atoms with Gasteiger partial charge in [0.1, 0.15) is 11.9 Å². The van der Waals surface area contributed by atoms with Gasteiger partial charge in [0.2, 0.25) is 5.91 Å². The standard InChI is InChI=1S/C15H18FN3O/c1-11-6-12(16)8-13(7-11)18-14(10-17)9-15(20)19-4-2-3-5-19/h6-8,14,18H,2-5,9H2,1H3. The van der Waals surface area contributed by atoms with Gasteiger partial charge >= 0.3 is 0 Å². The Kier molecular flexibility index (Phi) is 4.57. The number of hydrogen-bond donors (Lipinski definition) is 1. The van der Waals surface area contributed by atoms with Crippen LogP contribution in [-0.4, -0.2) is 29.9 Å². The summed E-state index contributed by atoms with van der Waals surface area (Å²) in [4.78, 5) is 13.8. The molecule has 20 heavy (non-hydrogen) atoms. The number of amides is 1. The molecule has 0 radical (unpaired) electrons. The van der Waals surface area contributed by atoms with Crippen molar-refractivity contribution in [3.63, 3.8) is 0 Å². The average molecular weight is 275 g/mol. The average Bonchev–Trinajstić information content (AvgIpc) is 2.90. The highest BCUT2D eigenvalue weighted by Gasteiger charge is 2.21. The number of hydrogen-bond acceptors (Lipinski definition) is 3. The number of halogens is 1. The summed E-state index contributed by atoms with van der Waals surface area (Å²) in [7, 11) is 0. The molecule has 0 aromatic heterocycles. The normalized spacial score (nSPS) is 15.8. The van der Waals surface area contributed by atoms with Crippen molar-refractivity contribution in [2.75, 3.05) is 18.4 Å². The van der Waals surface area contributed by atoms with Crippen molar-refractivity contribution in [1.29, 1.82) is 5.26 Å². The van der Waals surface area contributed by atoms with Gasteiger partial charge in [0.15, 0.2) is 0 Å². The largest absolute Gasteiger partial charge is 0.369 e. The van der Waals surface area contributed by atoms with Crippen molar-refractivity contribution >= 4 is 11.6 Å². The highest BCUT2D eigenvalue weighted by molar-refractivity contribution is 5.78. The molecule has 1 amide bonds. The fourth-order valence-electron chi connectivity index (χ4n) is 2.42. The third-order valence-corrected chi connectivity index (χ3v) is 3.38. The summed E-state index contributed by atoms with van der Waals surface area (Å²) >= 11 is 0. The Morgan fingerprint density at radius 2 is 2.15 bits per heavy atom. The first kappa shape index (κ1) is 14.3. The Bertz CT molecular complexity index is 512. The van der Waals surface area contributed by atoms with Crippen molar-refractivity contribution in [2.45, 2.75) is 32.2 Å². The smallest absolute Gasteiger partial charge is 0.225 e. The number of likely N-dealkylation sites (tertiary alicyclic amines) is 1. The second-order valence-corrected chi connectivity index (χ2v) is 5.14. The number of nitrogens with zero attached hydrogens (tertiary/aromatic N) is 2. The maximum absolute atomic E-state index is 13.3. The minimum Gasteiger partial charge on any atom is -0.369 e. The maximum Gasteiger partial charge on any atom is 0.225 e. The van der Waals surface area contributed by atoms with E-state index in [4.69, 9.17) is 5.26 Å². The van der Waals surface area contributed by atoms with Crippen LogP contribution in [0.1, 0.15) is 24.8 Å². The summed E-state index contributed by atoms with van der Waals surface area (Å²) in [6.45, 7) is 3.33. The summed E-state index contributed by atoms with van der Waals surface area (Å²) in [6.07, 6.45) is 2.17. The van der Waals surface area contributed by atoms with Gasteiger partial charge in [-0.15, -0.1) is 0 Å². The van der Waals surface area contributed by atoms with E-state index in [0.29, 0.717) is 5.69 Å². The summed E-state index contributed by atoms with van der Waals surface area (Å²) in [5, 5.41) is 12.1. The number of rotatable bonds is 4. The molecule has 4 nitrogen and oxygen atoms in total. The first-order chi connectivity index (χ1) is 9.58. The van der Waals surface area contributed by atoms with E-state index in [0.717, 1.165) is 31.5 Å². The van der Waals surface area contributed by atoms with Gasteiger partial charge in [-0.1, -0.05) is 0 Å². The number of nitriles is 1. The summed E-state index contributed by atoms with van der Waals surface area (Å²) in [6, 6.07) is 5.94. The topological polar surface area (TPSA) is 56.1 Å². The van der Waals surface area contributed by atoms with Crippen LogP contribution < -0.4 is 5.32 Å². The Morgan fingerprint density at radius 1 is 1.45 bits per heavy atom. The van der Waals surface area contributed by atoms with E-state index < -0.39 is 6.04 Å². The molecule has 1 atom stereocenters. The molecule has 1 heterocycles. The molecule has 1 unspecified atom stereocenters. The highest BCUT2D eigenvalue weighted by Crippen LogP contribution is 2.16. The van der Waals surface area contributed by atoms with Crippen molar-refractivity contribution in [1.82, 2.24) is 4.90 Å². The number of carbonyl (C=O) groups is 1. The molecule has 0 bridgehead atoms. The molecule has 1 aromatic carbocycles. The lowest BCUT2D eigenvalue weighted by molar-refractivity contribution is -0.130. The molecule has 0 aliphatic carbocycles. The predicted molar refractivity (Wildman–Crippen MR) is 74.6 cm³/mol. The monoisotopic (exact) mass is 275 g/mol. The van der Waals surface area contributed by atoms with Gasteiger partial charge in [-0.25, -0.2) is 4.39 Å². The van der Waals surface area contributed by atoms with Gasteiger partial charge < -0.3 is 10.2 Å². The lowest BCUT2D eigenvalue weighted by atomic mass is 10.1. The Balaban J connectivity index is 1.98. The molecule has 1 saturated heterocycles. The van der Waals surface area contributed by atoms with Crippen LogP contribution in [0.15, 0.2) is 18.2 Å². The van der Waals surface area contributed by atoms with Crippen molar-refractivity contribution in [3.8, 4) is 6.07 Å². The molecule has 106 valence electrons. The van der Waals surface area contributed by atoms with Crippen LogP contribution in [0.2, 0.25) is 0 Å². The number of nitrogens with one attached hydrogen (secondary N) is 1. The molecule has 5 heteroatoms. The Hall–Kier alpha value is -2.09. The quantitative estimate of drug-likeness (QED) is 0.918. The van der Waals surface area contributed by atoms with Crippen molar-refractivity contribution in [3.05, 3.63) is 29.6 Å². The maximum atomic E-state index is 13.3. The van der Waals surface area contributed by atoms with Gasteiger partial charge in [-0.3, -0.25) is 4.79 Å². The van der Waals surface area contributed by atoms with Crippen LogP contribution in [0.3, 0.4) is 0 Å². The zero-order chi connectivity index (χ0) is 14.5. The third-order valence-electron chi connectivity index (χ3n) is 3.38. The van der Waals surface area contributed by atoms with Crippen LogP contribution >= 0.6 is 0 Å². The van der Waals surface area contributed by atoms with Crippen molar-refractivity contribution < 1.29 is 9.18 Å². The van der Waals surface area contributed by atoms with E-state index >= 15 is 0 Å². The second-order valence-electron chi connectivity index (χ2n) is 5.14. The zero-order valence-electron chi connectivity index (χ0n) is 11.5. The minimum absolute atomic E-state index is 0.0188. The third kappa shape index (κ3) is 3.70. The van der Waals surface area contributed by atoms with E-state index in [9.17, 15) is 9.18 Å². The van der Waals surface area contributed by atoms with Crippen LogP contribution in [0.4, 0.5) is 10.1 Å². The van der Waals surface area contributed by atoms with Crippen LogP contribution in [0.25, 0.3) is 0 Å². The molecule has 2 rings (SSSR count). The van der Waals surface area contributed by atoms with Gasteiger partial charge in [0.05, 0.1) is 12.5 Å².